The minimum absolute atomic E-state index is 0.175. The van der Waals surface area contributed by atoms with Gasteiger partial charge < -0.3 is 9.84 Å². The highest BCUT2D eigenvalue weighted by Gasteiger charge is 2.11. The highest BCUT2D eigenvalue weighted by Crippen LogP contribution is 2.23. The van der Waals surface area contributed by atoms with Crippen LogP contribution in [0.3, 0.4) is 0 Å². The van der Waals surface area contributed by atoms with E-state index in [4.69, 9.17) is 0 Å². The minimum atomic E-state index is -1.19. The van der Waals surface area contributed by atoms with Gasteiger partial charge in [0.15, 0.2) is 6.29 Å². The number of benzene rings is 1. The summed E-state index contributed by atoms with van der Waals surface area (Å²) in [5, 5.41) is 9.26. The van der Waals surface area contributed by atoms with Crippen LogP contribution in [0.2, 0.25) is 0 Å². The second-order valence-corrected chi connectivity index (χ2v) is 3.36. The normalized spacial score (nSPS) is 12.9. The Morgan fingerprint density at radius 3 is 2.77 bits per heavy atom. The Kier molecular flexibility index (Phi) is 3.71. The number of rotatable bonds is 3. The average molecular weight is 202 g/mol. The Hall–Kier alpha value is -0.580. The van der Waals surface area contributed by atoms with E-state index in [1.54, 1.807) is 12.1 Å². The molecule has 1 aromatic carbocycles. The molecule has 13 heavy (non-hydrogen) atoms. The summed E-state index contributed by atoms with van der Waals surface area (Å²) in [7, 11) is 1.33. The fraction of sp³-hybridized carbons (Fsp3) is 0.333. The zero-order chi connectivity index (χ0) is 9.84. The molecule has 0 spiro atoms. The summed E-state index contributed by atoms with van der Waals surface area (Å²) in [5.74, 6) is -0.452. The fourth-order valence-corrected chi connectivity index (χ4v) is 1.41. The van der Waals surface area contributed by atoms with Gasteiger partial charge in [0.05, 0.1) is 0 Å². The molecule has 1 N–H and O–H groups in total. The van der Waals surface area contributed by atoms with Gasteiger partial charge in [-0.3, -0.25) is 0 Å². The van der Waals surface area contributed by atoms with Gasteiger partial charge in [-0.25, -0.2) is 4.39 Å². The standard InChI is InChI=1S/C9H11FO2S/c1-12-9(11)7-5-6(13-2)3-4-8(7)10/h3-5,9,11H,1-2H3. The largest absolute Gasteiger partial charge is 0.364 e. The minimum Gasteiger partial charge on any atom is -0.364 e. The zero-order valence-electron chi connectivity index (χ0n) is 7.45. The fourth-order valence-electron chi connectivity index (χ4n) is 0.965. The lowest BCUT2D eigenvalue weighted by molar-refractivity contribution is -0.0791. The van der Waals surface area contributed by atoms with Crippen LogP contribution in [-0.4, -0.2) is 18.5 Å². The Morgan fingerprint density at radius 1 is 1.54 bits per heavy atom. The monoisotopic (exact) mass is 202 g/mol. The molecule has 0 heterocycles. The molecule has 0 aliphatic rings. The van der Waals surface area contributed by atoms with E-state index in [1.807, 2.05) is 6.26 Å². The van der Waals surface area contributed by atoms with E-state index in [1.165, 1.54) is 24.9 Å². The third-order valence-corrected chi connectivity index (χ3v) is 2.42. The number of aliphatic hydroxyl groups excluding tert-OH is 1. The molecule has 1 atom stereocenters. The van der Waals surface area contributed by atoms with Crippen molar-refractivity contribution in [2.45, 2.75) is 11.2 Å². The number of hydrogen-bond acceptors (Lipinski definition) is 3. The summed E-state index contributed by atoms with van der Waals surface area (Å²) in [6.45, 7) is 0. The van der Waals surface area contributed by atoms with E-state index in [2.05, 4.69) is 4.74 Å². The van der Waals surface area contributed by atoms with E-state index in [9.17, 15) is 9.50 Å². The molecular formula is C9H11FO2S. The predicted octanol–water partition coefficient (Wildman–Crippen LogP) is 2.18. The molecule has 1 rings (SSSR count). The van der Waals surface area contributed by atoms with Crippen molar-refractivity contribution >= 4 is 11.8 Å². The van der Waals surface area contributed by atoms with E-state index in [0.29, 0.717) is 0 Å². The van der Waals surface area contributed by atoms with Gasteiger partial charge in [0, 0.05) is 17.6 Å². The van der Waals surface area contributed by atoms with Gasteiger partial charge in [-0.2, -0.15) is 0 Å². The van der Waals surface area contributed by atoms with Crippen molar-refractivity contribution in [2.24, 2.45) is 0 Å². The second kappa shape index (κ2) is 4.60. The van der Waals surface area contributed by atoms with Crippen molar-refractivity contribution in [3.05, 3.63) is 29.6 Å². The van der Waals surface area contributed by atoms with E-state index in [-0.39, 0.29) is 5.56 Å². The Bertz CT molecular complexity index is 291. The third kappa shape index (κ3) is 2.43. The van der Waals surface area contributed by atoms with E-state index < -0.39 is 12.1 Å². The summed E-state index contributed by atoms with van der Waals surface area (Å²) in [6.07, 6.45) is 0.697. The van der Waals surface area contributed by atoms with Gasteiger partial charge in [0.25, 0.3) is 0 Å². The van der Waals surface area contributed by atoms with Crippen LogP contribution in [0, 0.1) is 5.82 Å². The van der Waals surface area contributed by atoms with Gasteiger partial charge in [-0.05, 0) is 24.5 Å². The van der Waals surface area contributed by atoms with Crippen molar-refractivity contribution in [3.63, 3.8) is 0 Å². The maximum Gasteiger partial charge on any atom is 0.183 e. The first kappa shape index (κ1) is 10.5. The summed E-state index contributed by atoms with van der Waals surface area (Å²) in [6, 6.07) is 4.56. The van der Waals surface area contributed by atoms with Crippen LogP contribution in [-0.2, 0) is 4.74 Å². The Labute approximate surface area is 80.7 Å². The molecule has 0 amide bonds. The maximum atomic E-state index is 13.1. The van der Waals surface area contributed by atoms with Gasteiger partial charge in [0.1, 0.15) is 5.82 Å². The molecule has 0 bridgehead atoms. The number of thioether (sulfide) groups is 1. The molecule has 1 unspecified atom stereocenters. The third-order valence-electron chi connectivity index (χ3n) is 1.69. The number of hydrogen-bond donors (Lipinski definition) is 1. The molecule has 0 saturated heterocycles. The van der Waals surface area contributed by atoms with E-state index >= 15 is 0 Å². The average Bonchev–Trinajstić information content (AvgIpc) is 2.17. The van der Waals surface area contributed by atoms with Crippen LogP contribution in [0.1, 0.15) is 11.9 Å². The Morgan fingerprint density at radius 2 is 2.23 bits per heavy atom. The van der Waals surface area contributed by atoms with Crippen LogP contribution in [0.4, 0.5) is 4.39 Å². The molecule has 0 fully saturated rings. The Balaban J connectivity index is 3.03. The van der Waals surface area contributed by atoms with Crippen molar-refractivity contribution in [3.8, 4) is 0 Å². The van der Waals surface area contributed by atoms with Gasteiger partial charge in [-0.15, -0.1) is 11.8 Å². The van der Waals surface area contributed by atoms with Crippen molar-refractivity contribution in [1.29, 1.82) is 0 Å². The highest BCUT2D eigenvalue weighted by molar-refractivity contribution is 7.98. The molecule has 72 valence electrons. The summed E-state index contributed by atoms with van der Waals surface area (Å²) in [4.78, 5) is 0.896. The van der Waals surface area contributed by atoms with Crippen molar-refractivity contribution in [2.75, 3.05) is 13.4 Å². The molecule has 2 nitrogen and oxygen atoms in total. The molecule has 1 aromatic rings. The summed E-state index contributed by atoms with van der Waals surface area (Å²) < 4.78 is 17.7. The van der Waals surface area contributed by atoms with Crippen LogP contribution in [0.15, 0.2) is 23.1 Å². The first-order valence-corrected chi connectivity index (χ1v) is 4.95. The maximum absolute atomic E-state index is 13.1. The van der Waals surface area contributed by atoms with Crippen LogP contribution in [0.25, 0.3) is 0 Å². The molecule has 0 saturated carbocycles. The van der Waals surface area contributed by atoms with Crippen LogP contribution in [0.5, 0.6) is 0 Å². The number of aliphatic hydroxyl groups is 1. The molecule has 0 aliphatic carbocycles. The van der Waals surface area contributed by atoms with Crippen LogP contribution >= 0.6 is 11.8 Å². The molecule has 0 radical (unpaired) electrons. The first-order chi connectivity index (χ1) is 6.19. The van der Waals surface area contributed by atoms with Crippen LogP contribution < -0.4 is 0 Å². The summed E-state index contributed by atoms with van der Waals surface area (Å²) >= 11 is 1.49. The van der Waals surface area contributed by atoms with Crippen molar-refractivity contribution < 1.29 is 14.2 Å². The second-order valence-electron chi connectivity index (χ2n) is 2.48. The first-order valence-electron chi connectivity index (χ1n) is 3.73. The SMILES string of the molecule is COC(O)c1cc(SC)ccc1F. The molecular weight excluding hydrogens is 191 g/mol. The van der Waals surface area contributed by atoms with Crippen molar-refractivity contribution in [1.82, 2.24) is 0 Å². The number of halogens is 1. The summed E-state index contributed by atoms with van der Waals surface area (Å²) in [5.41, 5.74) is 0.175. The van der Waals surface area contributed by atoms with Gasteiger partial charge in [0.2, 0.25) is 0 Å². The lowest BCUT2D eigenvalue weighted by atomic mass is 10.2. The molecule has 0 aromatic heterocycles. The lowest BCUT2D eigenvalue weighted by Crippen LogP contribution is -2.02. The predicted molar refractivity (Wildman–Crippen MR) is 50.1 cm³/mol. The van der Waals surface area contributed by atoms with Gasteiger partial charge in [-0.1, -0.05) is 0 Å². The van der Waals surface area contributed by atoms with Gasteiger partial charge >= 0.3 is 0 Å². The quantitative estimate of drug-likeness (QED) is 0.601. The van der Waals surface area contributed by atoms with E-state index in [0.717, 1.165) is 4.90 Å². The zero-order valence-corrected chi connectivity index (χ0v) is 8.27. The lowest BCUT2D eigenvalue weighted by Gasteiger charge is -2.10. The topological polar surface area (TPSA) is 29.5 Å². The highest BCUT2D eigenvalue weighted by atomic mass is 32.2. The number of methoxy groups -OCH3 is 1. The smallest absolute Gasteiger partial charge is 0.183 e. The molecule has 4 heteroatoms. The molecule has 0 aliphatic heterocycles. The number of ether oxygens (including phenoxy) is 1.